The first-order chi connectivity index (χ1) is 9.85. The molecule has 0 radical (unpaired) electrons. The molecule has 0 bridgehead atoms. The number of nitrogens with zero attached hydrogens (tertiary/aromatic N) is 1. The number of aromatic nitrogens is 1. The van der Waals surface area contributed by atoms with E-state index in [0.29, 0.717) is 6.04 Å². The molecule has 1 heterocycles. The molecule has 0 saturated carbocycles. The minimum Gasteiger partial charge on any atom is -0.370 e. The summed E-state index contributed by atoms with van der Waals surface area (Å²) < 4.78 is 0. The average molecular weight is 267 g/mol. The lowest BCUT2D eigenvalue weighted by Gasteiger charge is -2.14. The second-order valence-corrected chi connectivity index (χ2v) is 5.35. The monoisotopic (exact) mass is 267 g/mol. The number of fused-ring (bicyclic) bond motifs is 1. The molecule has 1 aliphatic rings. The van der Waals surface area contributed by atoms with Crippen LogP contribution in [0.15, 0.2) is 42.5 Å². The van der Waals surface area contributed by atoms with Crippen LogP contribution in [0.5, 0.6) is 0 Å². The van der Waals surface area contributed by atoms with Gasteiger partial charge in [-0.3, -0.25) is 0 Å². The van der Waals surface area contributed by atoms with E-state index in [0.717, 1.165) is 37.4 Å². The normalized spacial score (nSPS) is 14.1. The predicted octanol–water partition coefficient (Wildman–Crippen LogP) is 3.48. The fourth-order valence-electron chi connectivity index (χ4n) is 2.74. The highest BCUT2D eigenvalue weighted by Gasteiger charge is 2.20. The van der Waals surface area contributed by atoms with Crippen LogP contribution in [0.3, 0.4) is 0 Å². The molecule has 104 valence electrons. The van der Waals surface area contributed by atoms with Crippen LogP contribution in [0.2, 0.25) is 0 Å². The number of benzene rings is 1. The molecule has 0 saturated heterocycles. The van der Waals surface area contributed by atoms with Gasteiger partial charge in [0.2, 0.25) is 0 Å². The van der Waals surface area contributed by atoms with E-state index < -0.39 is 0 Å². The number of nitrogens with one attached hydrogen (secondary N) is 2. The van der Waals surface area contributed by atoms with E-state index in [-0.39, 0.29) is 0 Å². The molecule has 0 spiro atoms. The Hall–Kier alpha value is -2.03. The SMILES string of the molecule is CCCNc1cccc(NC2Cc3ccccc3C2)n1. The molecule has 1 aromatic heterocycles. The number of hydrogen-bond acceptors (Lipinski definition) is 3. The lowest BCUT2D eigenvalue weighted by atomic mass is 10.1. The van der Waals surface area contributed by atoms with Crippen LogP contribution in [0.25, 0.3) is 0 Å². The van der Waals surface area contributed by atoms with Crippen LogP contribution in [-0.2, 0) is 12.8 Å². The minimum atomic E-state index is 0.460. The van der Waals surface area contributed by atoms with Crippen molar-refractivity contribution in [2.75, 3.05) is 17.2 Å². The van der Waals surface area contributed by atoms with Crippen molar-refractivity contribution in [2.24, 2.45) is 0 Å². The molecule has 1 aliphatic carbocycles. The molecule has 2 aromatic rings. The zero-order chi connectivity index (χ0) is 13.8. The van der Waals surface area contributed by atoms with Crippen molar-refractivity contribution >= 4 is 11.6 Å². The van der Waals surface area contributed by atoms with Crippen LogP contribution in [0.1, 0.15) is 24.5 Å². The lowest BCUT2D eigenvalue weighted by Crippen LogP contribution is -2.20. The molecular formula is C17H21N3. The third-order valence-electron chi connectivity index (χ3n) is 3.71. The maximum atomic E-state index is 4.61. The van der Waals surface area contributed by atoms with E-state index in [4.69, 9.17) is 0 Å². The minimum absolute atomic E-state index is 0.460. The largest absolute Gasteiger partial charge is 0.370 e. The van der Waals surface area contributed by atoms with Crippen LogP contribution in [0, 0.1) is 0 Å². The Kier molecular flexibility index (Phi) is 3.86. The van der Waals surface area contributed by atoms with Crippen LogP contribution >= 0.6 is 0 Å². The zero-order valence-corrected chi connectivity index (χ0v) is 11.9. The van der Waals surface area contributed by atoms with Gasteiger partial charge in [0.25, 0.3) is 0 Å². The molecule has 0 aliphatic heterocycles. The third kappa shape index (κ3) is 2.93. The van der Waals surface area contributed by atoms with Gasteiger partial charge >= 0.3 is 0 Å². The summed E-state index contributed by atoms with van der Waals surface area (Å²) in [7, 11) is 0. The van der Waals surface area contributed by atoms with Crippen molar-refractivity contribution in [3.63, 3.8) is 0 Å². The quantitative estimate of drug-likeness (QED) is 0.871. The van der Waals surface area contributed by atoms with Gasteiger partial charge in [-0.25, -0.2) is 4.98 Å². The Morgan fingerprint density at radius 3 is 2.40 bits per heavy atom. The van der Waals surface area contributed by atoms with Crippen molar-refractivity contribution in [1.29, 1.82) is 0 Å². The summed E-state index contributed by atoms with van der Waals surface area (Å²) in [6, 6.07) is 15.3. The van der Waals surface area contributed by atoms with Crippen molar-refractivity contribution in [3.05, 3.63) is 53.6 Å². The average Bonchev–Trinajstić information content (AvgIpc) is 2.87. The Bertz CT molecular complexity index is 555. The molecule has 3 nitrogen and oxygen atoms in total. The van der Waals surface area contributed by atoms with E-state index in [1.807, 2.05) is 12.1 Å². The molecular weight excluding hydrogens is 246 g/mol. The van der Waals surface area contributed by atoms with Gasteiger partial charge in [-0.15, -0.1) is 0 Å². The third-order valence-corrected chi connectivity index (χ3v) is 3.71. The summed E-state index contributed by atoms with van der Waals surface area (Å²) in [6.45, 7) is 3.12. The van der Waals surface area contributed by atoms with Gasteiger partial charge in [0.15, 0.2) is 0 Å². The number of hydrogen-bond donors (Lipinski definition) is 2. The summed E-state index contributed by atoms with van der Waals surface area (Å²) in [5.41, 5.74) is 2.93. The lowest BCUT2D eigenvalue weighted by molar-refractivity contribution is 0.769. The standard InChI is InChI=1S/C17H21N3/c1-2-10-18-16-8-5-9-17(20-16)19-15-11-13-6-3-4-7-14(13)12-15/h3-9,15H,2,10-12H2,1H3,(H2,18,19,20). The van der Waals surface area contributed by atoms with Crippen LogP contribution in [-0.4, -0.2) is 17.6 Å². The molecule has 0 atom stereocenters. The highest BCUT2D eigenvalue weighted by Crippen LogP contribution is 2.24. The topological polar surface area (TPSA) is 37.0 Å². The molecule has 3 rings (SSSR count). The van der Waals surface area contributed by atoms with Crippen LogP contribution < -0.4 is 10.6 Å². The van der Waals surface area contributed by atoms with E-state index in [1.165, 1.54) is 11.1 Å². The maximum absolute atomic E-state index is 4.61. The summed E-state index contributed by atoms with van der Waals surface area (Å²) >= 11 is 0. The molecule has 20 heavy (non-hydrogen) atoms. The summed E-state index contributed by atoms with van der Waals surface area (Å²) in [4.78, 5) is 4.61. The van der Waals surface area contributed by atoms with Crippen molar-refractivity contribution in [3.8, 4) is 0 Å². The van der Waals surface area contributed by atoms with E-state index >= 15 is 0 Å². The molecule has 2 N–H and O–H groups in total. The van der Waals surface area contributed by atoms with E-state index in [9.17, 15) is 0 Å². The smallest absolute Gasteiger partial charge is 0.128 e. The predicted molar refractivity (Wildman–Crippen MR) is 84.3 cm³/mol. The Balaban J connectivity index is 1.64. The first-order valence-electron chi connectivity index (χ1n) is 7.39. The van der Waals surface area contributed by atoms with Crippen molar-refractivity contribution < 1.29 is 0 Å². The van der Waals surface area contributed by atoms with Gasteiger partial charge in [0.1, 0.15) is 11.6 Å². The second kappa shape index (κ2) is 5.95. The van der Waals surface area contributed by atoms with E-state index in [2.05, 4.69) is 52.9 Å². The zero-order valence-electron chi connectivity index (χ0n) is 11.9. The van der Waals surface area contributed by atoms with Crippen molar-refractivity contribution in [1.82, 2.24) is 4.98 Å². The van der Waals surface area contributed by atoms with Gasteiger partial charge in [0, 0.05) is 12.6 Å². The fourth-order valence-corrected chi connectivity index (χ4v) is 2.74. The second-order valence-electron chi connectivity index (χ2n) is 5.35. The molecule has 0 amide bonds. The van der Waals surface area contributed by atoms with E-state index in [1.54, 1.807) is 0 Å². The van der Waals surface area contributed by atoms with Gasteiger partial charge in [-0.05, 0) is 42.5 Å². The number of rotatable bonds is 5. The summed E-state index contributed by atoms with van der Waals surface area (Å²) in [5, 5.41) is 6.88. The number of pyridine rings is 1. The highest BCUT2D eigenvalue weighted by molar-refractivity contribution is 5.47. The highest BCUT2D eigenvalue weighted by atomic mass is 15.1. The fraction of sp³-hybridized carbons (Fsp3) is 0.353. The van der Waals surface area contributed by atoms with Crippen LogP contribution in [0.4, 0.5) is 11.6 Å². The van der Waals surface area contributed by atoms with Gasteiger partial charge in [0.05, 0.1) is 0 Å². The molecule has 0 unspecified atom stereocenters. The molecule has 0 fully saturated rings. The Morgan fingerprint density at radius 2 is 1.70 bits per heavy atom. The van der Waals surface area contributed by atoms with Gasteiger partial charge in [-0.1, -0.05) is 37.3 Å². The first-order valence-corrected chi connectivity index (χ1v) is 7.39. The Morgan fingerprint density at radius 1 is 1.00 bits per heavy atom. The first kappa shape index (κ1) is 13.0. The molecule has 3 heteroatoms. The van der Waals surface area contributed by atoms with Gasteiger partial charge in [-0.2, -0.15) is 0 Å². The number of anilines is 2. The summed E-state index contributed by atoms with van der Waals surface area (Å²) in [6.07, 6.45) is 3.28. The van der Waals surface area contributed by atoms with Gasteiger partial charge < -0.3 is 10.6 Å². The Labute approximate surface area is 120 Å². The molecule has 1 aromatic carbocycles. The summed E-state index contributed by atoms with van der Waals surface area (Å²) in [5.74, 6) is 1.91. The maximum Gasteiger partial charge on any atom is 0.128 e. The van der Waals surface area contributed by atoms with Crippen molar-refractivity contribution in [2.45, 2.75) is 32.2 Å².